The zero-order valence-corrected chi connectivity index (χ0v) is 11.2. The van der Waals surface area contributed by atoms with Crippen LogP contribution in [0.2, 0.25) is 0 Å². The van der Waals surface area contributed by atoms with Crippen molar-refractivity contribution >= 4 is 23.1 Å². The van der Waals surface area contributed by atoms with Crippen LogP contribution < -0.4 is 11.1 Å². The minimum Gasteiger partial charge on any atom is -0.392 e. The number of nitrogens with two attached hydrogens (primary N) is 1. The molecule has 1 unspecified atom stereocenters. The molecule has 1 fully saturated rings. The molecule has 0 radical (unpaired) electrons. The average molecular weight is 242 g/mol. The van der Waals surface area contributed by atoms with E-state index in [1.165, 1.54) is 12.8 Å². The van der Waals surface area contributed by atoms with Crippen molar-refractivity contribution in [1.82, 2.24) is 5.32 Å². The molecule has 0 saturated heterocycles. The second-order valence-corrected chi connectivity index (χ2v) is 5.53. The Balaban J connectivity index is 2.54. The van der Waals surface area contributed by atoms with Gasteiger partial charge >= 0.3 is 0 Å². The summed E-state index contributed by atoms with van der Waals surface area (Å²) in [7, 11) is 0. The summed E-state index contributed by atoms with van der Waals surface area (Å²) in [4.78, 5) is 12.3. The molecule has 16 heavy (non-hydrogen) atoms. The third-order valence-electron chi connectivity index (χ3n) is 4.08. The molecule has 0 aliphatic heterocycles. The van der Waals surface area contributed by atoms with Gasteiger partial charge in [0.15, 0.2) is 0 Å². The zero-order valence-electron chi connectivity index (χ0n) is 10.4. The normalized spacial score (nSPS) is 20.9. The molecule has 1 atom stereocenters. The third kappa shape index (κ3) is 2.54. The summed E-state index contributed by atoms with van der Waals surface area (Å²) in [6.07, 6.45) is 4.22. The van der Waals surface area contributed by atoms with Gasteiger partial charge in [-0.15, -0.1) is 0 Å². The molecule has 1 aliphatic carbocycles. The van der Waals surface area contributed by atoms with Crippen LogP contribution in [0.25, 0.3) is 0 Å². The lowest BCUT2D eigenvalue weighted by Gasteiger charge is -2.26. The maximum atomic E-state index is 12.0. The molecule has 1 amide bonds. The van der Waals surface area contributed by atoms with Crippen LogP contribution in [0.15, 0.2) is 0 Å². The predicted octanol–water partition coefficient (Wildman–Crippen LogP) is 2.00. The van der Waals surface area contributed by atoms with Gasteiger partial charge in [0.05, 0.1) is 10.4 Å². The highest BCUT2D eigenvalue weighted by molar-refractivity contribution is 7.80. The predicted molar refractivity (Wildman–Crippen MR) is 70.2 cm³/mol. The van der Waals surface area contributed by atoms with Gasteiger partial charge in [-0.05, 0) is 38.0 Å². The van der Waals surface area contributed by atoms with Crippen LogP contribution in [0, 0.1) is 10.8 Å². The molecule has 1 saturated carbocycles. The summed E-state index contributed by atoms with van der Waals surface area (Å²) in [5.41, 5.74) is 5.31. The monoisotopic (exact) mass is 242 g/mol. The van der Waals surface area contributed by atoms with Crippen molar-refractivity contribution in [3.8, 4) is 0 Å². The molecule has 92 valence electrons. The maximum Gasteiger partial charge on any atom is 0.232 e. The smallest absolute Gasteiger partial charge is 0.232 e. The van der Waals surface area contributed by atoms with Crippen molar-refractivity contribution < 1.29 is 4.79 Å². The summed E-state index contributed by atoms with van der Waals surface area (Å²) < 4.78 is 0. The van der Waals surface area contributed by atoms with E-state index in [4.69, 9.17) is 18.0 Å². The Morgan fingerprint density at radius 1 is 1.50 bits per heavy atom. The van der Waals surface area contributed by atoms with E-state index in [2.05, 4.69) is 12.2 Å². The lowest BCUT2D eigenvalue weighted by Crippen LogP contribution is -2.47. The molecule has 0 aromatic rings. The van der Waals surface area contributed by atoms with Gasteiger partial charge in [-0.3, -0.25) is 4.79 Å². The molecule has 1 aliphatic rings. The van der Waals surface area contributed by atoms with Gasteiger partial charge in [0.2, 0.25) is 5.91 Å². The van der Waals surface area contributed by atoms with Crippen LogP contribution in [0.5, 0.6) is 0 Å². The molecule has 0 heterocycles. The standard InChI is InChI=1S/C12H22N2OS/c1-4-11(3,9(13)16)10(15)14-8-12(5-2)6-7-12/h4-8H2,1-3H3,(H2,13,16)(H,14,15). The topological polar surface area (TPSA) is 55.1 Å². The first-order valence-electron chi connectivity index (χ1n) is 5.98. The van der Waals surface area contributed by atoms with Gasteiger partial charge in [-0.1, -0.05) is 26.1 Å². The van der Waals surface area contributed by atoms with Gasteiger partial charge in [-0.25, -0.2) is 0 Å². The second kappa shape index (κ2) is 4.70. The number of hydrogen-bond acceptors (Lipinski definition) is 2. The Bertz CT molecular complexity index is 299. The van der Waals surface area contributed by atoms with E-state index in [-0.39, 0.29) is 10.9 Å². The highest BCUT2D eigenvalue weighted by atomic mass is 32.1. The first kappa shape index (κ1) is 13.4. The number of carbonyl (C=O) groups is 1. The van der Waals surface area contributed by atoms with Gasteiger partial charge in [0.1, 0.15) is 0 Å². The molecule has 3 nitrogen and oxygen atoms in total. The Kier molecular flexibility index (Phi) is 3.94. The van der Waals surface area contributed by atoms with Gasteiger partial charge in [0, 0.05) is 6.54 Å². The van der Waals surface area contributed by atoms with Gasteiger partial charge in [-0.2, -0.15) is 0 Å². The number of thiocarbonyl (C=S) groups is 1. The van der Waals surface area contributed by atoms with Crippen LogP contribution in [0.3, 0.4) is 0 Å². The maximum absolute atomic E-state index is 12.0. The minimum atomic E-state index is -0.695. The van der Waals surface area contributed by atoms with Crippen LogP contribution in [0.4, 0.5) is 0 Å². The number of nitrogens with one attached hydrogen (secondary N) is 1. The fourth-order valence-corrected chi connectivity index (χ4v) is 1.98. The zero-order chi connectivity index (χ0) is 12.4. The molecule has 0 aromatic heterocycles. The first-order valence-corrected chi connectivity index (χ1v) is 6.39. The fourth-order valence-electron chi connectivity index (χ4n) is 1.74. The highest BCUT2D eigenvalue weighted by Gasteiger charge is 2.42. The third-order valence-corrected chi connectivity index (χ3v) is 4.53. The van der Waals surface area contributed by atoms with E-state index in [0.717, 1.165) is 13.0 Å². The molecule has 0 aromatic carbocycles. The van der Waals surface area contributed by atoms with Crippen LogP contribution in [-0.4, -0.2) is 17.4 Å². The lowest BCUT2D eigenvalue weighted by atomic mass is 9.86. The van der Waals surface area contributed by atoms with Gasteiger partial charge in [0.25, 0.3) is 0 Å². The van der Waals surface area contributed by atoms with Crippen molar-refractivity contribution in [2.75, 3.05) is 6.54 Å². The summed E-state index contributed by atoms with van der Waals surface area (Å²) in [5.74, 6) is -0.0257. The number of hydrogen-bond donors (Lipinski definition) is 2. The largest absolute Gasteiger partial charge is 0.392 e. The first-order chi connectivity index (χ1) is 7.40. The number of rotatable bonds is 6. The number of carbonyl (C=O) groups excluding carboxylic acids is 1. The average Bonchev–Trinajstić information content (AvgIpc) is 3.05. The van der Waals surface area contributed by atoms with E-state index >= 15 is 0 Å². The summed E-state index contributed by atoms with van der Waals surface area (Å²) in [6, 6.07) is 0. The van der Waals surface area contributed by atoms with Crippen LogP contribution >= 0.6 is 12.2 Å². The molecule has 1 rings (SSSR count). The second-order valence-electron chi connectivity index (χ2n) is 5.09. The minimum absolute atomic E-state index is 0.0257. The SMILES string of the molecule is CCC1(CNC(=O)C(C)(CC)C(N)=S)CC1. The quantitative estimate of drug-likeness (QED) is 0.700. The molecular weight excluding hydrogens is 220 g/mol. The number of amides is 1. The Morgan fingerprint density at radius 3 is 2.38 bits per heavy atom. The van der Waals surface area contributed by atoms with Crippen LogP contribution in [-0.2, 0) is 4.79 Å². The molecule has 3 N–H and O–H groups in total. The Labute approximate surface area is 103 Å². The van der Waals surface area contributed by atoms with Crippen molar-refractivity contribution in [1.29, 1.82) is 0 Å². The van der Waals surface area contributed by atoms with E-state index < -0.39 is 5.41 Å². The Morgan fingerprint density at radius 2 is 2.06 bits per heavy atom. The fraction of sp³-hybridized carbons (Fsp3) is 0.833. The van der Waals surface area contributed by atoms with E-state index in [9.17, 15) is 4.79 Å². The molecule has 0 spiro atoms. The molecule has 4 heteroatoms. The molecule has 0 bridgehead atoms. The van der Waals surface area contributed by atoms with E-state index in [1.54, 1.807) is 0 Å². The van der Waals surface area contributed by atoms with Gasteiger partial charge < -0.3 is 11.1 Å². The van der Waals surface area contributed by atoms with Crippen molar-refractivity contribution in [3.05, 3.63) is 0 Å². The summed E-state index contributed by atoms with van der Waals surface area (Å²) in [5, 5.41) is 3.00. The Hall–Kier alpha value is -0.640. The lowest BCUT2D eigenvalue weighted by molar-refractivity contribution is -0.127. The van der Waals surface area contributed by atoms with E-state index in [1.807, 2.05) is 13.8 Å². The van der Waals surface area contributed by atoms with Crippen molar-refractivity contribution in [2.45, 2.75) is 46.5 Å². The van der Waals surface area contributed by atoms with Crippen molar-refractivity contribution in [2.24, 2.45) is 16.6 Å². The van der Waals surface area contributed by atoms with Crippen LogP contribution in [0.1, 0.15) is 46.5 Å². The van der Waals surface area contributed by atoms with E-state index in [0.29, 0.717) is 11.8 Å². The summed E-state index contributed by atoms with van der Waals surface area (Å²) >= 11 is 4.97. The molecular formula is C12H22N2OS. The highest BCUT2D eigenvalue weighted by Crippen LogP contribution is 2.47. The van der Waals surface area contributed by atoms with Crippen molar-refractivity contribution in [3.63, 3.8) is 0 Å². The summed E-state index contributed by atoms with van der Waals surface area (Å²) in [6.45, 7) is 6.69.